The summed E-state index contributed by atoms with van der Waals surface area (Å²) in [6, 6.07) is 0.606. The fourth-order valence-corrected chi connectivity index (χ4v) is 1.54. The molecule has 0 amide bonds. The van der Waals surface area contributed by atoms with Gasteiger partial charge in [0.2, 0.25) is 0 Å². The van der Waals surface area contributed by atoms with E-state index in [1.54, 1.807) is 7.11 Å². The van der Waals surface area contributed by atoms with Gasteiger partial charge < -0.3 is 10.1 Å². The fraction of sp³-hybridized carbons (Fsp3) is 1.00. The summed E-state index contributed by atoms with van der Waals surface area (Å²) >= 11 is 0. The minimum Gasteiger partial charge on any atom is -0.380 e. The van der Waals surface area contributed by atoms with Gasteiger partial charge in [0.1, 0.15) is 0 Å². The van der Waals surface area contributed by atoms with E-state index >= 15 is 0 Å². The molecule has 2 atom stereocenters. The zero-order valence-corrected chi connectivity index (χ0v) is 7.41. The maximum absolute atomic E-state index is 5.25. The van der Waals surface area contributed by atoms with E-state index in [2.05, 4.69) is 5.32 Å². The van der Waals surface area contributed by atoms with Crippen LogP contribution in [0.2, 0.25) is 0 Å². The molecule has 1 aliphatic carbocycles. The first kappa shape index (κ1) is 10.2. The summed E-state index contributed by atoms with van der Waals surface area (Å²) < 4.78 is 5.25. The lowest BCUT2D eigenvalue weighted by atomic mass is 10.2. The molecule has 0 spiro atoms. The molecule has 1 N–H and O–H groups in total. The molecule has 1 saturated carbocycles. The third-order valence-electron chi connectivity index (χ3n) is 2.13. The van der Waals surface area contributed by atoms with Crippen molar-refractivity contribution in [3.63, 3.8) is 0 Å². The fourth-order valence-electron chi connectivity index (χ4n) is 1.54. The van der Waals surface area contributed by atoms with Crippen LogP contribution in [0.5, 0.6) is 0 Å². The van der Waals surface area contributed by atoms with Crippen LogP contribution in [-0.2, 0) is 4.74 Å². The number of hydrogen-bond donors (Lipinski definition) is 1. The maximum atomic E-state index is 5.25. The van der Waals surface area contributed by atoms with Crippen molar-refractivity contribution in [1.82, 2.24) is 5.32 Å². The second-order valence-corrected chi connectivity index (χ2v) is 2.60. The Bertz CT molecular complexity index is 79.7. The molecule has 0 unspecified atom stereocenters. The molecule has 1 rings (SSSR count). The molecule has 10 heavy (non-hydrogen) atoms. The molecular formula is C7H16ClNO. The zero-order valence-electron chi connectivity index (χ0n) is 6.59. The number of hydrogen-bond acceptors (Lipinski definition) is 2. The van der Waals surface area contributed by atoms with Gasteiger partial charge in [-0.15, -0.1) is 12.4 Å². The summed E-state index contributed by atoms with van der Waals surface area (Å²) in [6.45, 7) is 0. The molecule has 0 aromatic carbocycles. The molecule has 0 radical (unpaired) electrons. The van der Waals surface area contributed by atoms with E-state index < -0.39 is 0 Å². The Labute approximate surface area is 68.7 Å². The van der Waals surface area contributed by atoms with Crippen molar-refractivity contribution in [1.29, 1.82) is 0 Å². The summed E-state index contributed by atoms with van der Waals surface area (Å²) in [5.41, 5.74) is 0. The van der Waals surface area contributed by atoms with Crippen molar-refractivity contribution >= 4 is 12.4 Å². The van der Waals surface area contributed by atoms with Crippen molar-refractivity contribution in [3.8, 4) is 0 Å². The number of likely N-dealkylation sites (N-methyl/N-ethyl adjacent to an activating group) is 1. The van der Waals surface area contributed by atoms with Crippen molar-refractivity contribution in [3.05, 3.63) is 0 Å². The minimum absolute atomic E-state index is 0. The molecule has 0 bridgehead atoms. The molecule has 0 aromatic heterocycles. The van der Waals surface area contributed by atoms with Gasteiger partial charge >= 0.3 is 0 Å². The Morgan fingerprint density at radius 2 is 2.10 bits per heavy atom. The van der Waals surface area contributed by atoms with E-state index in [0.717, 1.165) is 0 Å². The average Bonchev–Trinajstić information content (AvgIpc) is 2.33. The van der Waals surface area contributed by atoms with Crippen molar-refractivity contribution in [2.75, 3.05) is 14.2 Å². The highest BCUT2D eigenvalue weighted by Crippen LogP contribution is 2.20. The van der Waals surface area contributed by atoms with Crippen molar-refractivity contribution in [2.45, 2.75) is 31.4 Å². The Kier molecular flexibility index (Phi) is 5.04. The highest BCUT2D eigenvalue weighted by molar-refractivity contribution is 5.85. The minimum atomic E-state index is 0. The first-order valence-corrected chi connectivity index (χ1v) is 3.58. The molecule has 1 fully saturated rings. The molecule has 0 heterocycles. The summed E-state index contributed by atoms with van der Waals surface area (Å²) in [4.78, 5) is 0. The predicted octanol–water partition coefficient (Wildman–Crippen LogP) is 1.20. The second kappa shape index (κ2) is 4.94. The van der Waals surface area contributed by atoms with E-state index in [0.29, 0.717) is 12.1 Å². The molecule has 0 aromatic rings. The van der Waals surface area contributed by atoms with Gasteiger partial charge in [-0.25, -0.2) is 0 Å². The van der Waals surface area contributed by atoms with Crippen LogP contribution in [0.25, 0.3) is 0 Å². The average molecular weight is 166 g/mol. The highest BCUT2D eigenvalue weighted by atomic mass is 35.5. The van der Waals surface area contributed by atoms with Crippen LogP contribution < -0.4 is 5.32 Å². The molecule has 3 heteroatoms. The summed E-state index contributed by atoms with van der Waals surface area (Å²) in [5.74, 6) is 0. The van der Waals surface area contributed by atoms with Crippen LogP contribution in [0.15, 0.2) is 0 Å². The van der Waals surface area contributed by atoms with E-state index in [-0.39, 0.29) is 12.4 Å². The zero-order chi connectivity index (χ0) is 6.69. The highest BCUT2D eigenvalue weighted by Gasteiger charge is 2.24. The van der Waals surface area contributed by atoms with Crippen molar-refractivity contribution in [2.24, 2.45) is 0 Å². The predicted molar refractivity (Wildman–Crippen MR) is 44.7 cm³/mol. The first-order valence-electron chi connectivity index (χ1n) is 3.58. The lowest BCUT2D eigenvalue weighted by Crippen LogP contribution is -2.33. The largest absolute Gasteiger partial charge is 0.380 e. The summed E-state index contributed by atoms with van der Waals surface area (Å²) in [6.07, 6.45) is 4.27. The Balaban J connectivity index is 0.000000810. The Hall–Kier alpha value is 0.210. The molecule has 0 aliphatic heterocycles. The van der Waals surface area contributed by atoms with Crippen LogP contribution in [0.4, 0.5) is 0 Å². The van der Waals surface area contributed by atoms with E-state index in [4.69, 9.17) is 4.74 Å². The Morgan fingerprint density at radius 1 is 1.40 bits per heavy atom. The van der Waals surface area contributed by atoms with E-state index in [9.17, 15) is 0 Å². The molecule has 2 nitrogen and oxygen atoms in total. The van der Waals surface area contributed by atoms with Crippen molar-refractivity contribution < 1.29 is 4.74 Å². The van der Waals surface area contributed by atoms with E-state index in [1.165, 1.54) is 19.3 Å². The summed E-state index contributed by atoms with van der Waals surface area (Å²) in [5, 5.41) is 3.24. The van der Waals surface area contributed by atoms with Crippen LogP contribution in [-0.4, -0.2) is 26.3 Å². The number of methoxy groups -OCH3 is 1. The topological polar surface area (TPSA) is 21.3 Å². The lowest BCUT2D eigenvalue weighted by Gasteiger charge is -2.16. The SMILES string of the molecule is CN[C@@H]1CCC[C@@H]1OC.Cl. The molecule has 0 saturated heterocycles. The van der Waals surface area contributed by atoms with Crippen LogP contribution >= 0.6 is 12.4 Å². The molecule has 1 aliphatic rings. The van der Waals surface area contributed by atoms with Crippen LogP contribution in [0.1, 0.15) is 19.3 Å². The molecule has 62 valence electrons. The van der Waals surface area contributed by atoms with Crippen LogP contribution in [0, 0.1) is 0 Å². The number of rotatable bonds is 2. The van der Waals surface area contributed by atoms with Gasteiger partial charge in [-0.3, -0.25) is 0 Å². The molecular weight excluding hydrogens is 150 g/mol. The van der Waals surface area contributed by atoms with Gasteiger partial charge in [0, 0.05) is 13.2 Å². The quantitative estimate of drug-likeness (QED) is 0.664. The number of ether oxygens (including phenoxy) is 1. The van der Waals surface area contributed by atoms with Gasteiger partial charge in [0.05, 0.1) is 6.10 Å². The summed E-state index contributed by atoms with van der Waals surface area (Å²) in [7, 11) is 3.79. The smallest absolute Gasteiger partial charge is 0.0724 e. The van der Waals surface area contributed by atoms with Crippen LogP contribution in [0.3, 0.4) is 0 Å². The second-order valence-electron chi connectivity index (χ2n) is 2.60. The monoisotopic (exact) mass is 165 g/mol. The third-order valence-corrected chi connectivity index (χ3v) is 2.13. The Morgan fingerprint density at radius 3 is 2.50 bits per heavy atom. The van der Waals surface area contributed by atoms with Gasteiger partial charge in [-0.1, -0.05) is 0 Å². The van der Waals surface area contributed by atoms with E-state index in [1.807, 2.05) is 7.05 Å². The third kappa shape index (κ3) is 2.11. The van der Waals surface area contributed by atoms with Gasteiger partial charge in [0.15, 0.2) is 0 Å². The number of halogens is 1. The standard InChI is InChI=1S/C7H15NO.ClH/c1-8-6-4-3-5-7(6)9-2;/h6-8H,3-5H2,1-2H3;1H/t6-,7+;/m1./s1. The van der Waals surface area contributed by atoms with Gasteiger partial charge in [0.25, 0.3) is 0 Å². The normalized spacial score (nSPS) is 31.8. The maximum Gasteiger partial charge on any atom is 0.0724 e. The number of nitrogens with one attached hydrogen (secondary N) is 1. The van der Waals surface area contributed by atoms with Gasteiger partial charge in [-0.2, -0.15) is 0 Å². The first-order chi connectivity index (χ1) is 4.38. The lowest BCUT2D eigenvalue weighted by molar-refractivity contribution is 0.0876. The van der Waals surface area contributed by atoms with Gasteiger partial charge in [-0.05, 0) is 26.3 Å².